The molecule has 0 aliphatic carbocycles. The second kappa shape index (κ2) is 11.1. The molecule has 1 saturated heterocycles. The summed E-state index contributed by atoms with van der Waals surface area (Å²) in [5, 5.41) is 24.3. The van der Waals surface area contributed by atoms with Crippen LogP contribution in [0.4, 0.5) is 0 Å². The number of benzene rings is 2. The second-order valence-electron chi connectivity index (χ2n) is 9.65. The van der Waals surface area contributed by atoms with Crippen molar-refractivity contribution in [2.75, 3.05) is 26.2 Å². The van der Waals surface area contributed by atoms with Crippen molar-refractivity contribution in [1.29, 1.82) is 0 Å². The van der Waals surface area contributed by atoms with E-state index in [4.69, 9.17) is 21.1 Å². The van der Waals surface area contributed by atoms with Crippen LogP contribution in [0.3, 0.4) is 0 Å². The Hall–Kier alpha value is -2.48. The Bertz CT molecular complexity index is 1030. The second-order valence-corrected chi connectivity index (χ2v) is 10.1. The molecule has 0 radical (unpaired) electrons. The van der Waals surface area contributed by atoms with E-state index in [1.807, 2.05) is 32.0 Å². The summed E-state index contributed by atoms with van der Waals surface area (Å²) in [6.07, 6.45) is 3.54. The van der Waals surface area contributed by atoms with Crippen molar-refractivity contribution in [2.45, 2.75) is 63.7 Å². The van der Waals surface area contributed by atoms with Crippen LogP contribution in [-0.2, 0) is 6.42 Å². The number of phenolic OH excluding ortho intramolecular Hbond substituents is 1. The number of hydrogen-bond donors (Lipinski definition) is 3. The third-order valence-electron chi connectivity index (χ3n) is 7.06. The molecule has 8 heteroatoms. The fourth-order valence-corrected chi connectivity index (χ4v) is 5.13. The minimum atomic E-state index is -0.734. The van der Waals surface area contributed by atoms with Gasteiger partial charge in [0.15, 0.2) is 0 Å². The number of rotatable bonds is 9. The number of likely N-dealkylation sites (tertiary alicyclic amines) is 1. The summed E-state index contributed by atoms with van der Waals surface area (Å²) in [6, 6.07) is 10.3. The van der Waals surface area contributed by atoms with Gasteiger partial charge in [-0.1, -0.05) is 25.4 Å². The average molecular weight is 503 g/mol. The molecule has 2 aliphatic heterocycles. The van der Waals surface area contributed by atoms with E-state index in [9.17, 15) is 15.0 Å². The first-order valence-corrected chi connectivity index (χ1v) is 12.8. The molecule has 1 fully saturated rings. The van der Waals surface area contributed by atoms with Crippen LogP contribution in [0, 0.1) is 0 Å². The lowest BCUT2D eigenvalue weighted by atomic mass is 9.87. The summed E-state index contributed by atoms with van der Waals surface area (Å²) < 4.78 is 12.1. The quantitative estimate of drug-likeness (QED) is 0.476. The predicted octanol–water partition coefficient (Wildman–Crippen LogP) is 4.17. The number of carbonyl (C=O) groups excluding carboxylic acids is 1. The average Bonchev–Trinajstić information content (AvgIpc) is 3.19. The topological polar surface area (TPSA) is 91.3 Å². The standard InChI is InChI=1S/C27H35ClN2O5/c1-3-20(4-2)29-26(33)23-7-6-21(31)14-25(23)34-17-22(32)16-30-11-9-27(10-12-30)15-18-13-19(28)5-8-24(18)35-27/h5-8,13-14,20,22,31-32H,3-4,9-12,15-17H2,1-2H3,(H,29,33)/t22-/m0/s1. The monoisotopic (exact) mass is 502 g/mol. The number of nitrogens with zero attached hydrogens (tertiary/aromatic N) is 1. The minimum Gasteiger partial charge on any atom is -0.508 e. The largest absolute Gasteiger partial charge is 0.508 e. The normalized spacial score (nSPS) is 17.7. The first-order chi connectivity index (χ1) is 16.8. The van der Waals surface area contributed by atoms with Gasteiger partial charge in [0.25, 0.3) is 5.91 Å². The lowest BCUT2D eigenvalue weighted by molar-refractivity contribution is -0.00200. The first-order valence-electron chi connectivity index (χ1n) is 12.5. The number of aromatic hydroxyl groups is 1. The number of hydrogen-bond acceptors (Lipinski definition) is 6. The Kier molecular flexibility index (Phi) is 8.09. The van der Waals surface area contributed by atoms with Crippen LogP contribution in [0.5, 0.6) is 17.2 Å². The zero-order valence-corrected chi connectivity index (χ0v) is 21.2. The molecule has 190 valence electrons. The number of amides is 1. The molecular formula is C27H35ClN2O5. The van der Waals surface area contributed by atoms with E-state index in [1.54, 1.807) is 6.07 Å². The van der Waals surface area contributed by atoms with Gasteiger partial charge in [-0.2, -0.15) is 0 Å². The van der Waals surface area contributed by atoms with Gasteiger partial charge in [0.2, 0.25) is 0 Å². The number of piperidine rings is 1. The number of ether oxygens (including phenoxy) is 2. The van der Waals surface area contributed by atoms with Crippen molar-refractivity contribution in [2.24, 2.45) is 0 Å². The number of phenols is 1. The Labute approximate surface area is 212 Å². The van der Waals surface area contributed by atoms with Crippen molar-refractivity contribution in [1.82, 2.24) is 10.2 Å². The van der Waals surface area contributed by atoms with E-state index in [0.717, 1.165) is 61.5 Å². The number of aliphatic hydroxyl groups is 1. The molecule has 2 aromatic rings. The summed E-state index contributed by atoms with van der Waals surface area (Å²) in [5.41, 5.74) is 1.32. The SMILES string of the molecule is CCC(CC)NC(=O)c1ccc(O)cc1OC[C@@H](O)CN1CCC2(CC1)Cc1cc(Cl)ccc1O2. The summed E-state index contributed by atoms with van der Waals surface area (Å²) in [4.78, 5) is 14.9. The molecule has 2 aromatic carbocycles. The van der Waals surface area contributed by atoms with Crippen molar-refractivity contribution in [3.05, 3.63) is 52.5 Å². The molecule has 0 unspecified atom stereocenters. The van der Waals surface area contributed by atoms with Gasteiger partial charge in [-0.25, -0.2) is 0 Å². The highest BCUT2D eigenvalue weighted by Crippen LogP contribution is 2.42. The maximum Gasteiger partial charge on any atom is 0.255 e. The third kappa shape index (κ3) is 6.21. The Balaban J connectivity index is 1.28. The molecule has 3 N–H and O–H groups in total. The molecule has 0 bridgehead atoms. The summed E-state index contributed by atoms with van der Waals surface area (Å²) >= 11 is 6.14. The van der Waals surface area contributed by atoms with Gasteiger partial charge < -0.3 is 29.9 Å². The fraction of sp³-hybridized carbons (Fsp3) is 0.519. The van der Waals surface area contributed by atoms with Gasteiger partial charge in [-0.05, 0) is 48.7 Å². The maximum absolute atomic E-state index is 12.7. The first kappa shape index (κ1) is 25.6. The van der Waals surface area contributed by atoms with Crippen LogP contribution in [0.25, 0.3) is 0 Å². The van der Waals surface area contributed by atoms with Gasteiger partial charge in [0.05, 0.1) is 5.56 Å². The molecule has 0 aromatic heterocycles. The predicted molar refractivity (Wildman–Crippen MR) is 136 cm³/mol. The molecule has 35 heavy (non-hydrogen) atoms. The van der Waals surface area contributed by atoms with Crippen molar-refractivity contribution in [3.8, 4) is 17.2 Å². The Morgan fingerprint density at radius 2 is 1.94 bits per heavy atom. The van der Waals surface area contributed by atoms with E-state index in [-0.39, 0.29) is 35.7 Å². The van der Waals surface area contributed by atoms with Gasteiger partial charge in [-0.3, -0.25) is 4.79 Å². The van der Waals surface area contributed by atoms with Crippen molar-refractivity contribution in [3.63, 3.8) is 0 Å². The van der Waals surface area contributed by atoms with E-state index in [1.165, 1.54) is 12.1 Å². The summed E-state index contributed by atoms with van der Waals surface area (Å²) in [5.74, 6) is 0.949. The molecule has 4 rings (SSSR count). The number of halogens is 1. The number of β-amino-alcohol motifs (C(OH)–C–C–N with tert-alkyl or cyclic N) is 1. The van der Waals surface area contributed by atoms with Gasteiger partial charge >= 0.3 is 0 Å². The summed E-state index contributed by atoms with van der Waals surface area (Å²) in [6.45, 7) is 6.16. The highest BCUT2D eigenvalue weighted by atomic mass is 35.5. The van der Waals surface area contributed by atoms with Crippen LogP contribution in [0.1, 0.15) is 55.5 Å². The van der Waals surface area contributed by atoms with Gasteiger partial charge in [0, 0.05) is 56.0 Å². The number of aliphatic hydroxyl groups excluding tert-OH is 1. The van der Waals surface area contributed by atoms with Crippen molar-refractivity contribution < 1.29 is 24.5 Å². The number of fused-ring (bicyclic) bond motifs is 1. The van der Waals surface area contributed by atoms with Crippen LogP contribution in [0.2, 0.25) is 5.02 Å². The maximum atomic E-state index is 12.7. The molecule has 2 aliphatic rings. The highest BCUT2D eigenvalue weighted by molar-refractivity contribution is 6.30. The van der Waals surface area contributed by atoms with E-state index >= 15 is 0 Å². The molecule has 0 saturated carbocycles. The minimum absolute atomic E-state index is 0.00810. The molecule has 7 nitrogen and oxygen atoms in total. The lowest BCUT2D eigenvalue weighted by Crippen LogP contribution is -2.49. The summed E-state index contributed by atoms with van der Waals surface area (Å²) in [7, 11) is 0. The Morgan fingerprint density at radius 3 is 2.66 bits per heavy atom. The lowest BCUT2D eigenvalue weighted by Gasteiger charge is -2.39. The van der Waals surface area contributed by atoms with Crippen LogP contribution in [-0.4, -0.2) is 65.0 Å². The molecule has 1 atom stereocenters. The fourth-order valence-electron chi connectivity index (χ4n) is 4.93. The molecule has 1 spiro atoms. The zero-order valence-electron chi connectivity index (χ0n) is 20.4. The zero-order chi connectivity index (χ0) is 25.0. The van der Waals surface area contributed by atoms with E-state index in [2.05, 4.69) is 10.2 Å². The van der Waals surface area contributed by atoms with Crippen LogP contribution < -0.4 is 14.8 Å². The van der Waals surface area contributed by atoms with E-state index < -0.39 is 6.10 Å². The van der Waals surface area contributed by atoms with Crippen molar-refractivity contribution >= 4 is 17.5 Å². The van der Waals surface area contributed by atoms with E-state index in [0.29, 0.717) is 12.1 Å². The molecule has 2 heterocycles. The van der Waals surface area contributed by atoms with Gasteiger partial charge in [-0.15, -0.1) is 0 Å². The molecule has 1 amide bonds. The Morgan fingerprint density at radius 1 is 1.20 bits per heavy atom. The van der Waals surface area contributed by atoms with Crippen LogP contribution in [0.15, 0.2) is 36.4 Å². The van der Waals surface area contributed by atoms with Crippen LogP contribution >= 0.6 is 11.6 Å². The van der Waals surface area contributed by atoms with Gasteiger partial charge in [0.1, 0.15) is 35.6 Å². The third-order valence-corrected chi connectivity index (χ3v) is 7.29. The molecular weight excluding hydrogens is 468 g/mol. The smallest absolute Gasteiger partial charge is 0.255 e. The number of carbonyl (C=O) groups is 1. The highest BCUT2D eigenvalue weighted by Gasteiger charge is 2.42. The number of nitrogens with one attached hydrogen (secondary N) is 1.